The lowest BCUT2D eigenvalue weighted by atomic mass is 10.2. The first-order valence-corrected chi connectivity index (χ1v) is 7.45. The number of nitrogens with zero attached hydrogens (tertiary/aromatic N) is 2. The van der Waals surface area contributed by atoms with Gasteiger partial charge in [-0.3, -0.25) is 4.79 Å². The number of H-pyrrole nitrogens is 1. The summed E-state index contributed by atoms with van der Waals surface area (Å²) in [6.45, 7) is 2.40. The maximum atomic E-state index is 12.6. The number of benzene rings is 1. The number of nitrogens with two attached hydrogens (primary N) is 1. The molecule has 0 saturated heterocycles. The van der Waals surface area contributed by atoms with Crippen molar-refractivity contribution in [1.82, 2.24) is 14.5 Å². The van der Waals surface area contributed by atoms with Gasteiger partial charge in [-0.25, -0.2) is 4.98 Å². The standard InChI is InChI=1S/C18H16N4O/c1-11-8-15-16(21-17(11)19)9-13(20-15)10-22-7-6-12-4-2-3-5-14(12)18(22)23/h2-9,20H,10H2,1H3,(H2,19,21). The van der Waals surface area contributed by atoms with Crippen LogP contribution in [0.25, 0.3) is 21.8 Å². The molecule has 5 nitrogen and oxygen atoms in total. The van der Waals surface area contributed by atoms with E-state index >= 15 is 0 Å². The van der Waals surface area contributed by atoms with E-state index in [2.05, 4.69) is 9.97 Å². The van der Waals surface area contributed by atoms with Crippen LogP contribution < -0.4 is 11.3 Å². The number of hydrogen-bond acceptors (Lipinski definition) is 3. The Morgan fingerprint density at radius 2 is 2.04 bits per heavy atom. The van der Waals surface area contributed by atoms with Gasteiger partial charge in [0.15, 0.2) is 0 Å². The van der Waals surface area contributed by atoms with Gasteiger partial charge in [-0.05, 0) is 42.1 Å². The minimum Gasteiger partial charge on any atom is -0.383 e. The van der Waals surface area contributed by atoms with Gasteiger partial charge in [-0.2, -0.15) is 0 Å². The SMILES string of the molecule is Cc1cc2[nH]c(Cn3ccc4ccccc4c3=O)cc2nc1N. The molecule has 0 radical (unpaired) electrons. The largest absolute Gasteiger partial charge is 0.383 e. The van der Waals surface area contributed by atoms with Crippen LogP contribution in [0.5, 0.6) is 0 Å². The minimum atomic E-state index is 0.00501. The van der Waals surface area contributed by atoms with Crippen LogP contribution >= 0.6 is 0 Å². The summed E-state index contributed by atoms with van der Waals surface area (Å²) in [7, 11) is 0. The number of pyridine rings is 2. The lowest BCUT2D eigenvalue weighted by molar-refractivity contribution is 0.753. The molecule has 0 aliphatic heterocycles. The molecule has 0 saturated carbocycles. The summed E-state index contributed by atoms with van der Waals surface area (Å²) >= 11 is 0. The Morgan fingerprint density at radius 3 is 2.91 bits per heavy atom. The molecule has 4 rings (SSSR count). The predicted octanol–water partition coefficient (Wildman–Crippen LogP) is 2.82. The number of fused-ring (bicyclic) bond motifs is 2. The van der Waals surface area contributed by atoms with Crippen molar-refractivity contribution in [2.45, 2.75) is 13.5 Å². The van der Waals surface area contributed by atoms with Crippen molar-refractivity contribution in [2.75, 3.05) is 5.73 Å². The topological polar surface area (TPSA) is 76.7 Å². The molecule has 0 atom stereocenters. The number of nitrogen functional groups attached to an aromatic ring is 1. The normalized spacial score (nSPS) is 11.3. The molecule has 3 heterocycles. The van der Waals surface area contributed by atoms with Crippen molar-refractivity contribution >= 4 is 27.6 Å². The van der Waals surface area contributed by atoms with Crippen LogP contribution in [-0.4, -0.2) is 14.5 Å². The Bertz CT molecular complexity index is 1050. The number of rotatable bonds is 2. The molecular formula is C18H16N4O. The second kappa shape index (κ2) is 4.98. The first-order chi connectivity index (χ1) is 11.1. The molecule has 23 heavy (non-hydrogen) atoms. The van der Waals surface area contributed by atoms with E-state index in [9.17, 15) is 4.79 Å². The van der Waals surface area contributed by atoms with Crippen molar-refractivity contribution in [3.05, 3.63) is 70.3 Å². The molecule has 3 aromatic heterocycles. The Labute approximate surface area is 132 Å². The molecule has 0 unspecified atom stereocenters. The second-order valence-electron chi connectivity index (χ2n) is 5.75. The zero-order chi connectivity index (χ0) is 16.0. The van der Waals surface area contributed by atoms with Crippen molar-refractivity contribution in [3.8, 4) is 0 Å². The molecular weight excluding hydrogens is 288 g/mol. The van der Waals surface area contributed by atoms with Gasteiger partial charge in [-0.15, -0.1) is 0 Å². The molecule has 1 aromatic carbocycles. The van der Waals surface area contributed by atoms with E-state index in [0.717, 1.165) is 33.1 Å². The summed E-state index contributed by atoms with van der Waals surface area (Å²) < 4.78 is 1.70. The fraction of sp³-hybridized carbons (Fsp3) is 0.111. The third-order valence-corrected chi connectivity index (χ3v) is 4.11. The van der Waals surface area contributed by atoms with Gasteiger partial charge in [0.2, 0.25) is 0 Å². The summed E-state index contributed by atoms with van der Waals surface area (Å²) in [5.74, 6) is 0.533. The highest BCUT2D eigenvalue weighted by atomic mass is 16.1. The molecule has 5 heteroatoms. The Balaban J connectivity index is 1.78. The number of aryl methyl sites for hydroxylation is 1. The predicted molar refractivity (Wildman–Crippen MR) is 92.6 cm³/mol. The van der Waals surface area contributed by atoms with E-state index in [4.69, 9.17) is 5.73 Å². The summed E-state index contributed by atoms with van der Waals surface area (Å²) in [5, 5.41) is 1.68. The van der Waals surface area contributed by atoms with E-state index in [1.165, 1.54) is 0 Å². The van der Waals surface area contributed by atoms with Crippen LogP contribution in [0.1, 0.15) is 11.3 Å². The van der Waals surface area contributed by atoms with E-state index in [-0.39, 0.29) is 5.56 Å². The maximum absolute atomic E-state index is 12.6. The molecule has 0 aliphatic rings. The Morgan fingerprint density at radius 1 is 1.22 bits per heavy atom. The fourth-order valence-electron chi connectivity index (χ4n) is 2.85. The zero-order valence-corrected chi connectivity index (χ0v) is 12.7. The first kappa shape index (κ1) is 13.6. The smallest absolute Gasteiger partial charge is 0.258 e. The number of aromatic nitrogens is 3. The minimum absolute atomic E-state index is 0.00501. The summed E-state index contributed by atoms with van der Waals surface area (Å²) in [5.41, 5.74) is 9.47. The molecule has 4 aromatic rings. The summed E-state index contributed by atoms with van der Waals surface area (Å²) in [6, 6.07) is 13.5. The molecule has 0 bridgehead atoms. The Kier molecular flexibility index (Phi) is 2.94. The van der Waals surface area contributed by atoms with Crippen LogP contribution in [0.15, 0.2) is 53.5 Å². The highest BCUT2D eigenvalue weighted by molar-refractivity contribution is 5.81. The monoisotopic (exact) mass is 304 g/mol. The average Bonchev–Trinajstić information content (AvgIpc) is 2.92. The van der Waals surface area contributed by atoms with Crippen molar-refractivity contribution in [1.29, 1.82) is 0 Å². The van der Waals surface area contributed by atoms with Crippen LogP contribution in [-0.2, 0) is 6.54 Å². The van der Waals surface area contributed by atoms with Crippen LogP contribution in [0.3, 0.4) is 0 Å². The van der Waals surface area contributed by atoms with Crippen molar-refractivity contribution in [3.63, 3.8) is 0 Å². The quantitative estimate of drug-likeness (QED) is 0.598. The van der Waals surface area contributed by atoms with Crippen molar-refractivity contribution in [2.24, 2.45) is 0 Å². The van der Waals surface area contributed by atoms with Gasteiger partial charge in [-0.1, -0.05) is 18.2 Å². The van der Waals surface area contributed by atoms with E-state index in [0.29, 0.717) is 12.4 Å². The lowest BCUT2D eigenvalue weighted by Gasteiger charge is -2.05. The van der Waals surface area contributed by atoms with Gasteiger partial charge in [0.1, 0.15) is 5.82 Å². The van der Waals surface area contributed by atoms with Gasteiger partial charge >= 0.3 is 0 Å². The average molecular weight is 304 g/mol. The molecule has 0 amide bonds. The lowest BCUT2D eigenvalue weighted by Crippen LogP contribution is -2.20. The molecule has 3 N–H and O–H groups in total. The number of aromatic amines is 1. The fourth-order valence-corrected chi connectivity index (χ4v) is 2.85. The molecule has 114 valence electrons. The number of anilines is 1. The Hall–Kier alpha value is -3.08. The van der Waals surface area contributed by atoms with Gasteiger partial charge in [0, 0.05) is 17.3 Å². The van der Waals surface area contributed by atoms with E-state index in [1.807, 2.05) is 55.6 Å². The number of hydrogen-bond donors (Lipinski definition) is 2. The molecule has 0 aliphatic carbocycles. The zero-order valence-electron chi connectivity index (χ0n) is 12.7. The van der Waals surface area contributed by atoms with Crippen molar-refractivity contribution < 1.29 is 0 Å². The third-order valence-electron chi connectivity index (χ3n) is 4.11. The molecule has 0 fully saturated rings. The first-order valence-electron chi connectivity index (χ1n) is 7.45. The molecule has 0 spiro atoms. The van der Waals surface area contributed by atoms with Gasteiger partial charge in [0.05, 0.1) is 17.6 Å². The van der Waals surface area contributed by atoms with Crippen LogP contribution in [0.2, 0.25) is 0 Å². The highest BCUT2D eigenvalue weighted by Gasteiger charge is 2.07. The maximum Gasteiger partial charge on any atom is 0.258 e. The van der Waals surface area contributed by atoms with E-state index in [1.54, 1.807) is 4.57 Å². The highest BCUT2D eigenvalue weighted by Crippen LogP contribution is 2.19. The summed E-state index contributed by atoms with van der Waals surface area (Å²) in [6.07, 6.45) is 1.82. The van der Waals surface area contributed by atoms with E-state index < -0.39 is 0 Å². The third kappa shape index (κ3) is 2.26. The van der Waals surface area contributed by atoms with Gasteiger partial charge < -0.3 is 15.3 Å². The van der Waals surface area contributed by atoms with Crippen LogP contribution in [0.4, 0.5) is 5.82 Å². The second-order valence-corrected chi connectivity index (χ2v) is 5.75. The van der Waals surface area contributed by atoms with Crippen LogP contribution in [0, 0.1) is 6.92 Å². The summed E-state index contributed by atoms with van der Waals surface area (Å²) in [4.78, 5) is 20.2. The number of nitrogens with one attached hydrogen (secondary N) is 1. The van der Waals surface area contributed by atoms with Gasteiger partial charge in [0.25, 0.3) is 5.56 Å².